The zero-order valence-corrected chi connectivity index (χ0v) is 13.8. The number of aromatic nitrogens is 2. The van der Waals surface area contributed by atoms with Crippen molar-refractivity contribution in [3.63, 3.8) is 0 Å². The van der Waals surface area contributed by atoms with E-state index < -0.39 is 0 Å². The Bertz CT molecular complexity index is 527. The molecule has 128 valence electrons. The number of nitrogens with zero attached hydrogens (tertiary/aromatic N) is 4. The summed E-state index contributed by atoms with van der Waals surface area (Å²) >= 11 is 0. The van der Waals surface area contributed by atoms with Crippen molar-refractivity contribution in [2.45, 2.75) is 39.0 Å². The molecule has 2 saturated heterocycles. The minimum Gasteiger partial charge on any atom is -0.375 e. The summed E-state index contributed by atoms with van der Waals surface area (Å²) in [6.45, 7) is 9.12. The van der Waals surface area contributed by atoms with Gasteiger partial charge >= 0.3 is 0 Å². The van der Waals surface area contributed by atoms with Crippen molar-refractivity contribution in [3.8, 4) is 0 Å². The largest absolute Gasteiger partial charge is 0.375 e. The van der Waals surface area contributed by atoms with Crippen LogP contribution in [-0.2, 0) is 22.5 Å². The van der Waals surface area contributed by atoms with E-state index in [2.05, 4.69) is 20.4 Å². The second-order valence-corrected chi connectivity index (χ2v) is 6.07. The van der Waals surface area contributed by atoms with Crippen LogP contribution >= 0.6 is 0 Å². The van der Waals surface area contributed by atoms with Crippen LogP contribution in [0.2, 0.25) is 0 Å². The Balaban J connectivity index is 1.48. The summed E-state index contributed by atoms with van der Waals surface area (Å²) in [7, 11) is 0. The van der Waals surface area contributed by atoms with Gasteiger partial charge in [0.05, 0.1) is 19.3 Å². The maximum atomic E-state index is 12.6. The van der Waals surface area contributed by atoms with Crippen LogP contribution in [0.3, 0.4) is 0 Å². The van der Waals surface area contributed by atoms with Crippen molar-refractivity contribution in [3.05, 3.63) is 11.7 Å². The molecular weight excluding hydrogens is 298 g/mol. The Morgan fingerprint density at radius 1 is 1.35 bits per heavy atom. The van der Waals surface area contributed by atoms with Gasteiger partial charge in [0, 0.05) is 39.1 Å². The summed E-state index contributed by atoms with van der Waals surface area (Å²) in [6, 6.07) is -0.223. The van der Waals surface area contributed by atoms with Crippen molar-refractivity contribution in [1.82, 2.24) is 25.3 Å². The molecule has 0 radical (unpaired) electrons. The number of carbonyl (C=O) groups excluding carboxylic acids is 1. The Labute approximate surface area is 136 Å². The number of morpholine rings is 1. The minimum atomic E-state index is -0.223. The molecule has 0 unspecified atom stereocenters. The zero-order chi connectivity index (χ0) is 16.2. The lowest BCUT2D eigenvalue weighted by molar-refractivity contribution is -0.141. The zero-order valence-electron chi connectivity index (χ0n) is 13.8. The monoisotopic (exact) mass is 323 g/mol. The molecule has 2 aliphatic heterocycles. The lowest BCUT2D eigenvalue weighted by atomic mass is 10.1. The molecule has 0 aromatic carbocycles. The molecule has 3 heterocycles. The standard InChI is InChI=1S/C15H25N5O3/c1-3-13-17-12(18-23-13)10-19-5-7-20(8-6-19)15(21)14-11(2)22-9-4-16-14/h11,14,16H,3-10H2,1-2H3/t11-,14+/m1/s1. The van der Waals surface area contributed by atoms with E-state index in [-0.39, 0.29) is 18.1 Å². The third kappa shape index (κ3) is 3.88. The number of rotatable bonds is 4. The number of aryl methyl sites for hydroxylation is 1. The van der Waals surface area contributed by atoms with Gasteiger partial charge in [-0.1, -0.05) is 12.1 Å². The molecule has 1 N–H and O–H groups in total. The maximum absolute atomic E-state index is 12.6. The Hall–Kier alpha value is -1.51. The highest BCUT2D eigenvalue weighted by Crippen LogP contribution is 2.12. The number of amides is 1. The molecule has 0 bridgehead atoms. The van der Waals surface area contributed by atoms with Crippen LogP contribution in [0, 0.1) is 0 Å². The maximum Gasteiger partial charge on any atom is 0.242 e. The van der Waals surface area contributed by atoms with Crippen molar-refractivity contribution < 1.29 is 14.1 Å². The molecule has 8 heteroatoms. The highest BCUT2D eigenvalue weighted by molar-refractivity contribution is 5.82. The quantitative estimate of drug-likeness (QED) is 0.811. The van der Waals surface area contributed by atoms with Gasteiger partial charge in [-0.2, -0.15) is 4.98 Å². The third-order valence-electron chi connectivity index (χ3n) is 4.44. The number of piperazine rings is 1. The molecule has 2 fully saturated rings. The lowest BCUT2D eigenvalue weighted by Crippen LogP contribution is -2.59. The molecule has 3 rings (SSSR count). The first-order valence-corrected chi connectivity index (χ1v) is 8.35. The van der Waals surface area contributed by atoms with Crippen LogP contribution in [0.15, 0.2) is 4.52 Å². The molecule has 2 aliphatic rings. The van der Waals surface area contributed by atoms with E-state index in [1.165, 1.54) is 0 Å². The molecule has 0 aliphatic carbocycles. The smallest absolute Gasteiger partial charge is 0.242 e. The van der Waals surface area contributed by atoms with Crippen molar-refractivity contribution in [1.29, 1.82) is 0 Å². The first-order valence-electron chi connectivity index (χ1n) is 8.35. The van der Waals surface area contributed by atoms with E-state index in [1.807, 2.05) is 18.7 Å². The molecule has 23 heavy (non-hydrogen) atoms. The van der Waals surface area contributed by atoms with Crippen LogP contribution in [0.1, 0.15) is 25.6 Å². The van der Waals surface area contributed by atoms with Crippen molar-refractivity contribution in [2.75, 3.05) is 39.3 Å². The van der Waals surface area contributed by atoms with Crippen molar-refractivity contribution >= 4 is 5.91 Å². The number of carbonyl (C=O) groups is 1. The van der Waals surface area contributed by atoms with E-state index in [0.717, 1.165) is 45.0 Å². The fourth-order valence-corrected chi connectivity index (χ4v) is 3.03. The van der Waals surface area contributed by atoms with Gasteiger partial charge in [0.25, 0.3) is 0 Å². The van der Waals surface area contributed by atoms with E-state index >= 15 is 0 Å². The summed E-state index contributed by atoms with van der Waals surface area (Å²) in [5, 5.41) is 7.25. The molecule has 1 aromatic rings. The summed E-state index contributed by atoms with van der Waals surface area (Å²) in [5.74, 6) is 1.54. The van der Waals surface area contributed by atoms with E-state index in [1.54, 1.807) is 0 Å². The number of nitrogens with one attached hydrogen (secondary N) is 1. The molecule has 0 saturated carbocycles. The van der Waals surface area contributed by atoms with Gasteiger partial charge in [0.1, 0.15) is 6.04 Å². The second kappa shape index (κ2) is 7.37. The van der Waals surface area contributed by atoms with Crippen LogP contribution in [0.25, 0.3) is 0 Å². The predicted molar refractivity (Wildman–Crippen MR) is 82.7 cm³/mol. The minimum absolute atomic E-state index is 0.0684. The number of hydrogen-bond donors (Lipinski definition) is 1. The van der Waals surface area contributed by atoms with Gasteiger partial charge in [-0.05, 0) is 6.92 Å². The number of ether oxygens (including phenoxy) is 1. The Kier molecular flexibility index (Phi) is 5.24. The van der Waals surface area contributed by atoms with Gasteiger partial charge in [-0.3, -0.25) is 9.69 Å². The molecule has 8 nitrogen and oxygen atoms in total. The van der Waals surface area contributed by atoms with E-state index in [4.69, 9.17) is 9.26 Å². The average Bonchev–Trinajstić information content (AvgIpc) is 3.03. The lowest BCUT2D eigenvalue weighted by Gasteiger charge is -2.38. The van der Waals surface area contributed by atoms with Crippen LogP contribution in [0.5, 0.6) is 0 Å². The highest BCUT2D eigenvalue weighted by atomic mass is 16.5. The Morgan fingerprint density at radius 2 is 2.13 bits per heavy atom. The van der Waals surface area contributed by atoms with Gasteiger partial charge in [0.15, 0.2) is 5.82 Å². The SMILES string of the molecule is CCc1nc(CN2CCN(C(=O)[C@H]3NCCO[C@@H]3C)CC2)no1. The fourth-order valence-electron chi connectivity index (χ4n) is 3.03. The van der Waals surface area contributed by atoms with Crippen LogP contribution < -0.4 is 5.32 Å². The average molecular weight is 323 g/mol. The summed E-state index contributed by atoms with van der Waals surface area (Å²) in [5.41, 5.74) is 0. The van der Waals surface area contributed by atoms with Crippen LogP contribution in [-0.4, -0.2) is 77.3 Å². The van der Waals surface area contributed by atoms with Crippen LogP contribution in [0.4, 0.5) is 0 Å². The first kappa shape index (κ1) is 16.4. The molecular formula is C15H25N5O3. The fraction of sp³-hybridized carbons (Fsp3) is 0.800. The Morgan fingerprint density at radius 3 is 2.78 bits per heavy atom. The molecule has 1 aromatic heterocycles. The highest BCUT2D eigenvalue weighted by Gasteiger charge is 2.33. The first-order chi connectivity index (χ1) is 11.2. The second-order valence-electron chi connectivity index (χ2n) is 6.07. The molecule has 2 atom stereocenters. The van der Waals surface area contributed by atoms with Crippen molar-refractivity contribution in [2.24, 2.45) is 0 Å². The number of hydrogen-bond acceptors (Lipinski definition) is 7. The molecule has 0 spiro atoms. The van der Waals surface area contributed by atoms with E-state index in [9.17, 15) is 4.79 Å². The van der Waals surface area contributed by atoms with Gasteiger partial charge in [-0.15, -0.1) is 0 Å². The van der Waals surface area contributed by atoms with Gasteiger partial charge in [-0.25, -0.2) is 0 Å². The van der Waals surface area contributed by atoms with E-state index in [0.29, 0.717) is 19.0 Å². The topological polar surface area (TPSA) is 83.7 Å². The van der Waals surface area contributed by atoms with Gasteiger partial charge < -0.3 is 19.5 Å². The van der Waals surface area contributed by atoms with Gasteiger partial charge in [0.2, 0.25) is 11.8 Å². The summed E-state index contributed by atoms with van der Waals surface area (Å²) in [4.78, 5) is 21.1. The summed E-state index contributed by atoms with van der Waals surface area (Å²) in [6.07, 6.45) is 0.685. The predicted octanol–water partition coefficient (Wildman–Crippen LogP) is -0.347. The normalized spacial score (nSPS) is 26.4. The molecule has 1 amide bonds. The summed E-state index contributed by atoms with van der Waals surface area (Å²) < 4.78 is 10.7. The third-order valence-corrected chi connectivity index (χ3v) is 4.44.